The van der Waals surface area contributed by atoms with Gasteiger partial charge < -0.3 is 4.74 Å². The maximum absolute atomic E-state index is 10.8. The molecule has 0 heterocycles. The van der Waals surface area contributed by atoms with Crippen molar-refractivity contribution in [1.29, 1.82) is 0 Å². The lowest BCUT2D eigenvalue weighted by Crippen LogP contribution is -1.95. The smallest absolute Gasteiger partial charge is 0.269 e. The zero-order valence-electron chi connectivity index (χ0n) is 10.2. The van der Waals surface area contributed by atoms with Crippen molar-refractivity contribution in [2.24, 2.45) is 0 Å². The number of nitro groups is 1. The van der Waals surface area contributed by atoms with E-state index in [4.69, 9.17) is 4.74 Å². The van der Waals surface area contributed by atoms with Crippen molar-refractivity contribution in [3.8, 4) is 5.75 Å². The van der Waals surface area contributed by atoms with Crippen LogP contribution in [0.25, 0.3) is 0 Å². The van der Waals surface area contributed by atoms with E-state index in [2.05, 4.69) is 15.9 Å². The van der Waals surface area contributed by atoms with Crippen molar-refractivity contribution in [1.82, 2.24) is 0 Å². The van der Waals surface area contributed by atoms with Crippen molar-refractivity contribution in [3.63, 3.8) is 0 Å². The van der Waals surface area contributed by atoms with Gasteiger partial charge in [0.15, 0.2) is 0 Å². The van der Waals surface area contributed by atoms with Gasteiger partial charge in [-0.2, -0.15) is 0 Å². The summed E-state index contributed by atoms with van der Waals surface area (Å²) in [5, 5.41) is 10.8. The van der Waals surface area contributed by atoms with Crippen LogP contribution in [-0.2, 0) is 0 Å². The van der Waals surface area contributed by atoms with E-state index in [1.54, 1.807) is 19.2 Å². The summed E-state index contributed by atoms with van der Waals surface area (Å²) in [6.07, 6.45) is 0. The highest BCUT2D eigenvalue weighted by molar-refractivity contribution is 9.09. The molecular weight excluding hydrogens is 310 g/mol. The lowest BCUT2D eigenvalue weighted by molar-refractivity contribution is -0.384. The third-order valence-electron chi connectivity index (χ3n) is 2.78. The molecule has 2 aromatic carbocycles. The topological polar surface area (TPSA) is 52.4 Å². The number of alkyl halides is 1. The zero-order valence-corrected chi connectivity index (χ0v) is 11.8. The average molecular weight is 322 g/mol. The number of nitrogens with zero attached hydrogens (tertiary/aromatic N) is 1. The SMILES string of the molecule is COc1ccc(C(Br)c2cccc([N+](=O)[O-])c2)cc1. The average Bonchev–Trinajstić information content (AvgIpc) is 2.46. The van der Waals surface area contributed by atoms with Gasteiger partial charge in [0.05, 0.1) is 16.9 Å². The van der Waals surface area contributed by atoms with Crippen LogP contribution in [0.3, 0.4) is 0 Å². The second-order valence-electron chi connectivity index (χ2n) is 3.99. The molecule has 0 aliphatic carbocycles. The fourth-order valence-electron chi connectivity index (χ4n) is 1.76. The summed E-state index contributed by atoms with van der Waals surface area (Å²) in [4.78, 5) is 10.3. The van der Waals surface area contributed by atoms with Gasteiger partial charge in [0.1, 0.15) is 5.75 Å². The molecule has 0 spiro atoms. The van der Waals surface area contributed by atoms with Crippen LogP contribution >= 0.6 is 15.9 Å². The first kappa shape index (κ1) is 13.5. The Morgan fingerprint density at radius 2 is 1.84 bits per heavy atom. The second-order valence-corrected chi connectivity index (χ2v) is 4.90. The largest absolute Gasteiger partial charge is 0.497 e. The molecule has 1 unspecified atom stereocenters. The van der Waals surface area contributed by atoms with Crippen LogP contribution in [0, 0.1) is 10.1 Å². The van der Waals surface area contributed by atoms with E-state index >= 15 is 0 Å². The summed E-state index contributed by atoms with van der Waals surface area (Å²) in [5.41, 5.74) is 1.95. The Morgan fingerprint density at radius 3 is 2.42 bits per heavy atom. The zero-order chi connectivity index (χ0) is 13.8. The Morgan fingerprint density at radius 1 is 1.16 bits per heavy atom. The fourth-order valence-corrected chi connectivity index (χ4v) is 2.35. The molecule has 98 valence electrons. The van der Waals surface area contributed by atoms with Crippen LogP contribution in [0.1, 0.15) is 16.0 Å². The Hall–Kier alpha value is -1.88. The molecule has 4 nitrogen and oxygen atoms in total. The third-order valence-corrected chi connectivity index (χ3v) is 3.84. The molecule has 0 saturated heterocycles. The number of benzene rings is 2. The molecule has 0 radical (unpaired) electrons. The molecule has 0 N–H and O–H groups in total. The molecule has 0 bridgehead atoms. The molecule has 0 fully saturated rings. The van der Waals surface area contributed by atoms with Crippen molar-refractivity contribution in [2.75, 3.05) is 7.11 Å². The van der Waals surface area contributed by atoms with E-state index in [1.165, 1.54) is 6.07 Å². The molecule has 0 aromatic heterocycles. The van der Waals surface area contributed by atoms with Gasteiger partial charge >= 0.3 is 0 Å². The number of hydrogen-bond donors (Lipinski definition) is 0. The monoisotopic (exact) mass is 321 g/mol. The molecule has 0 aliphatic rings. The molecule has 1 atom stereocenters. The first-order valence-electron chi connectivity index (χ1n) is 5.64. The summed E-state index contributed by atoms with van der Waals surface area (Å²) in [6.45, 7) is 0. The molecule has 5 heteroatoms. The van der Waals surface area contributed by atoms with Crippen molar-refractivity contribution >= 4 is 21.6 Å². The molecule has 0 amide bonds. The summed E-state index contributed by atoms with van der Waals surface area (Å²) in [5.74, 6) is 0.780. The lowest BCUT2D eigenvalue weighted by Gasteiger charge is -2.11. The lowest BCUT2D eigenvalue weighted by atomic mass is 10.0. The summed E-state index contributed by atoms with van der Waals surface area (Å²) in [6, 6.07) is 14.2. The van der Waals surface area contributed by atoms with Crippen LogP contribution in [0.5, 0.6) is 5.75 Å². The minimum absolute atomic E-state index is 0.0849. The van der Waals surface area contributed by atoms with Gasteiger partial charge in [-0.3, -0.25) is 10.1 Å². The van der Waals surface area contributed by atoms with Crippen LogP contribution in [0.15, 0.2) is 48.5 Å². The number of nitro benzene ring substituents is 1. The normalized spacial score (nSPS) is 11.9. The second kappa shape index (κ2) is 5.84. The van der Waals surface area contributed by atoms with Gasteiger partial charge in [-0.05, 0) is 23.3 Å². The Labute approximate surface area is 119 Å². The summed E-state index contributed by atoms with van der Waals surface area (Å²) < 4.78 is 5.10. The Balaban J connectivity index is 2.29. The van der Waals surface area contributed by atoms with Crippen LogP contribution in [0.2, 0.25) is 0 Å². The predicted octanol–water partition coefficient (Wildman–Crippen LogP) is 4.09. The number of methoxy groups -OCH3 is 1. The minimum atomic E-state index is -0.392. The molecule has 19 heavy (non-hydrogen) atoms. The Kier molecular flexibility index (Phi) is 4.16. The maximum Gasteiger partial charge on any atom is 0.269 e. The molecule has 0 saturated carbocycles. The van der Waals surface area contributed by atoms with Crippen LogP contribution in [-0.4, -0.2) is 12.0 Å². The van der Waals surface area contributed by atoms with Gasteiger partial charge in [-0.15, -0.1) is 0 Å². The van der Waals surface area contributed by atoms with Gasteiger partial charge in [-0.1, -0.05) is 40.2 Å². The number of halogens is 1. The highest BCUT2D eigenvalue weighted by Crippen LogP contribution is 2.33. The molecule has 2 rings (SSSR count). The van der Waals surface area contributed by atoms with E-state index in [-0.39, 0.29) is 10.5 Å². The van der Waals surface area contributed by atoms with E-state index < -0.39 is 4.92 Å². The number of non-ortho nitro benzene ring substituents is 1. The first-order valence-corrected chi connectivity index (χ1v) is 6.56. The van der Waals surface area contributed by atoms with Crippen LogP contribution < -0.4 is 4.74 Å². The van der Waals surface area contributed by atoms with Gasteiger partial charge in [0, 0.05) is 12.1 Å². The van der Waals surface area contributed by atoms with Crippen molar-refractivity contribution in [3.05, 3.63) is 69.8 Å². The van der Waals surface area contributed by atoms with Crippen molar-refractivity contribution < 1.29 is 9.66 Å². The Bertz CT molecular complexity index is 583. The van der Waals surface area contributed by atoms with Crippen molar-refractivity contribution in [2.45, 2.75) is 4.83 Å². The molecular formula is C14H12BrNO3. The van der Waals surface area contributed by atoms with E-state index in [0.717, 1.165) is 16.9 Å². The summed E-state index contributed by atoms with van der Waals surface area (Å²) >= 11 is 3.56. The standard InChI is InChI=1S/C14H12BrNO3/c1-19-13-7-5-10(6-8-13)14(15)11-3-2-4-12(9-11)16(17)18/h2-9,14H,1H3. The number of hydrogen-bond acceptors (Lipinski definition) is 3. The number of rotatable bonds is 4. The molecule has 0 aliphatic heterocycles. The van der Waals surface area contributed by atoms with E-state index in [0.29, 0.717) is 0 Å². The number of ether oxygens (including phenoxy) is 1. The van der Waals surface area contributed by atoms with E-state index in [1.807, 2.05) is 30.3 Å². The first-order chi connectivity index (χ1) is 9.11. The molecule has 2 aromatic rings. The van der Waals surface area contributed by atoms with Gasteiger partial charge in [0.2, 0.25) is 0 Å². The maximum atomic E-state index is 10.8. The highest BCUT2D eigenvalue weighted by atomic mass is 79.9. The fraction of sp³-hybridized carbons (Fsp3) is 0.143. The predicted molar refractivity (Wildman–Crippen MR) is 76.9 cm³/mol. The van der Waals surface area contributed by atoms with E-state index in [9.17, 15) is 10.1 Å². The van der Waals surface area contributed by atoms with Gasteiger partial charge in [0.25, 0.3) is 5.69 Å². The van der Waals surface area contributed by atoms with Gasteiger partial charge in [-0.25, -0.2) is 0 Å². The highest BCUT2D eigenvalue weighted by Gasteiger charge is 2.14. The third kappa shape index (κ3) is 3.12. The quantitative estimate of drug-likeness (QED) is 0.484. The summed E-state index contributed by atoms with van der Waals surface area (Å²) in [7, 11) is 1.61. The minimum Gasteiger partial charge on any atom is -0.497 e. The van der Waals surface area contributed by atoms with Crippen LogP contribution in [0.4, 0.5) is 5.69 Å².